The molecular weight excluding hydrogens is 244 g/mol. The molecule has 1 amide bonds. The van der Waals surface area contributed by atoms with Crippen LogP contribution in [0.4, 0.5) is 5.69 Å². The predicted molar refractivity (Wildman–Crippen MR) is 71.4 cm³/mol. The molecule has 0 bridgehead atoms. The number of hydrogen-bond acceptors (Lipinski definition) is 4. The zero-order valence-corrected chi connectivity index (χ0v) is 10.5. The fraction of sp³-hybridized carbons (Fsp3) is 0.143. The van der Waals surface area contributed by atoms with Gasteiger partial charge in [-0.15, -0.1) is 0 Å². The van der Waals surface area contributed by atoms with Crippen LogP contribution in [0.3, 0.4) is 0 Å². The van der Waals surface area contributed by atoms with E-state index in [0.29, 0.717) is 17.2 Å². The first-order valence-electron chi connectivity index (χ1n) is 5.75. The van der Waals surface area contributed by atoms with Crippen molar-refractivity contribution in [3.8, 4) is 11.5 Å². The number of nitrogens with zero attached hydrogens (tertiary/aromatic N) is 1. The zero-order chi connectivity index (χ0) is 13.5. The Kier molecular flexibility index (Phi) is 4.34. The lowest BCUT2D eigenvalue weighted by Crippen LogP contribution is -2.20. The van der Waals surface area contributed by atoms with Crippen molar-refractivity contribution in [2.75, 3.05) is 19.0 Å². The number of anilines is 1. The van der Waals surface area contributed by atoms with Crippen molar-refractivity contribution < 1.29 is 14.3 Å². The summed E-state index contributed by atoms with van der Waals surface area (Å²) in [5.41, 5.74) is 0.635. The molecule has 1 aromatic carbocycles. The molecular formula is C14H14N2O3. The summed E-state index contributed by atoms with van der Waals surface area (Å²) in [5.74, 6) is 0.877. The number of methoxy groups -OCH3 is 1. The summed E-state index contributed by atoms with van der Waals surface area (Å²) >= 11 is 0. The molecule has 5 nitrogen and oxygen atoms in total. The van der Waals surface area contributed by atoms with Gasteiger partial charge in [0.2, 0.25) is 0 Å². The lowest BCUT2D eigenvalue weighted by molar-refractivity contribution is -0.118. The number of carbonyl (C=O) groups excluding carboxylic acids is 1. The largest absolute Gasteiger partial charge is 0.493 e. The van der Waals surface area contributed by atoms with Crippen LogP contribution in [0.15, 0.2) is 48.8 Å². The third-order valence-electron chi connectivity index (χ3n) is 2.37. The van der Waals surface area contributed by atoms with Gasteiger partial charge in [-0.05, 0) is 24.3 Å². The SMILES string of the molecule is COc1ccccc1OCC(=O)Nc1cccnc1. The van der Waals surface area contributed by atoms with Crippen molar-refractivity contribution in [3.05, 3.63) is 48.8 Å². The molecule has 0 aliphatic rings. The number of pyridine rings is 1. The molecule has 0 atom stereocenters. The fourth-order valence-corrected chi connectivity index (χ4v) is 1.52. The summed E-state index contributed by atoms with van der Waals surface area (Å²) in [6.07, 6.45) is 3.21. The summed E-state index contributed by atoms with van der Waals surface area (Å²) in [7, 11) is 1.55. The number of amides is 1. The Morgan fingerprint density at radius 2 is 2.00 bits per heavy atom. The van der Waals surface area contributed by atoms with Gasteiger partial charge < -0.3 is 14.8 Å². The lowest BCUT2D eigenvalue weighted by atomic mass is 10.3. The van der Waals surface area contributed by atoms with Crippen LogP contribution in [-0.2, 0) is 4.79 Å². The Hall–Kier alpha value is -2.56. The number of aromatic nitrogens is 1. The molecule has 2 aromatic rings. The second kappa shape index (κ2) is 6.39. The quantitative estimate of drug-likeness (QED) is 0.892. The summed E-state index contributed by atoms with van der Waals surface area (Å²) in [5, 5.41) is 2.68. The number of rotatable bonds is 5. The number of hydrogen-bond donors (Lipinski definition) is 1. The second-order valence-electron chi connectivity index (χ2n) is 3.73. The van der Waals surface area contributed by atoms with Gasteiger partial charge in [-0.2, -0.15) is 0 Å². The van der Waals surface area contributed by atoms with Gasteiger partial charge in [-0.3, -0.25) is 9.78 Å². The number of ether oxygens (including phenoxy) is 2. The highest BCUT2D eigenvalue weighted by Crippen LogP contribution is 2.25. The van der Waals surface area contributed by atoms with E-state index in [2.05, 4.69) is 10.3 Å². The van der Waals surface area contributed by atoms with Crippen molar-refractivity contribution in [1.82, 2.24) is 4.98 Å². The average molecular weight is 258 g/mol. The number of benzene rings is 1. The minimum atomic E-state index is -0.251. The number of nitrogens with one attached hydrogen (secondary N) is 1. The normalized spacial score (nSPS) is 9.74. The molecule has 0 spiro atoms. The Morgan fingerprint density at radius 1 is 1.21 bits per heavy atom. The molecule has 98 valence electrons. The average Bonchev–Trinajstić information content (AvgIpc) is 2.46. The molecule has 1 aromatic heterocycles. The molecule has 0 unspecified atom stereocenters. The van der Waals surface area contributed by atoms with Gasteiger partial charge in [-0.25, -0.2) is 0 Å². The van der Waals surface area contributed by atoms with Crippen LogP contribution in [0.1, 0.15) is 0 Å². The van der Waals surface area contributed by atoms with Crippen molar-refractivity contribution in [2.24, 2.45) is 0 Å². The zero-order valence-electron chi connectivity index (χ0n) is 10.5. The third kappa shape index (κ3) is 3.70. The van der Waals surface area contributed by atoms with Gasteiger partial charge in [0.15, 0.2) is 18.1 Å². The van der Waals surface area contributed by atoms with Crippen LogP contribution in [-0.4, -0.2) is 24.6 Å². The van der Waals surface area contributed by atoms with Crippen molar-refractivity contribution in [3.63, 3.8) is 0 Å². The van der Waals surface area contributed by atoms with Crippen molar-refractivity contribution >= 4 is 11.6 Å². The summed E-state index contributed by atoms with van der Waals surface area (Å²) in [6, 6.07) is 10.7. The first-order chi connectivity index (χ1) is 9.29. The van der Waals surface area contributed by atoms with Crippen molar-refractivity contribution in [1.29, 1.82) is 0 Å². The van der Waals surface area contributed by atoms with Crippen LogP contribution < -0.4 is 14.8 Å². The smallest absolute Gasteiger partial charge is 0.262 e. The maximum atomic E-state index is 11.7. The van der Waals surface area contributed by atoms with Crippen LogP contribution in [0.2, 0.25) is 0 Å². The first kappa shape index (κ1) is 12.9. The fourth-order valence-electron chi connectivity index (χ4n) is 1.52. The molecule has 0 aliphatic heterocycles. The highest BCUT2D eigenvalue weighted by atomic mass is 16.5. The van der Waals surface area contributed by atoms with Gasteiger partial charge >= 0.3 is 0 Å². The van der Waals surface area contributed by atoms with Gasteiger partial charge in [0.25, 0.3) is 5.91 Å². The molecule has 1 heterocycles. The van der Waals surface area contributed by atoms with E-state index in [1.807, 2.05) is 12.1 Å². The molecule has 1 N–H and O–H groups in total. The van der Waals surface area contributed by atoms with E-state index in [-0.39, 0.29) is 12.5 Å². The van der Waals surface area contributed by atoms with E-state index in [9.17, 15) is 4.79 Å². The minimum absolute atomic E-state index is 0.0880. The van der Waals surface area contributed by atoms with Crippen molar-refractivity contribution in [2.45, 2.75) is 0 Å². The van der Waals surface area contributed by atoms with E-state index >= 15 is 0 Å². The van der Waals surface area contributed by atoms with E-state index in [1.54, 1.807) is 43.8 Å². The monoisotopic (exact) mass is 258 g/mol. The second-order valence-corrected chi connectivity index (χ2v) is 3.73. The number of carbonyl (C=O) groups is 1. The summed E-state index contributed by atoms with van der Waals surface area (Å²) in [6.45, 7) is -0.0880. The van der Waals surface area contributed by atoms with Gasteiger partial charge in [0.1, 0.15) is 0 Å². The molecule has 0 saturated heterocycles. The lowest BCUT2D eigenvalue weighted by Gasteiger charge is -2.10. The highest BCUT2D eigenvalue weighted by molar-refractivity contribution is 5.91. The molecule has 5 heteroatoms. The molecule has 2 rings (SSSR count). The Morgan fingerprint density at radius 3 is 2.68 bits per heavy atom. The Balaban J connectivity index is 1.90. The van der Waals surface area contributed by atoms with Gasteiger partial charge in [-0.1, -0.05) is 12.1 Å². The van der Waals surface area contributed by atoms with Crippen LogP contribution in [0, 0.1) is 0 Å². The molecule has 19 heavy (non-hydrogen) atoms. The number of para-hydroxylation sites is 2. The Bertz CT molecular complexity index is 543. The summed E-state index contributed by atoms with van der Waals surface area (Å²) in [4.78, 5) is 15.6. The molecule has 0 fully saturated rings. The van der Waals surface area contributed by atoms with E-state index in [0.717, 1.165) is 0 Å². The third-order valence-corrected chi connectivity index (χ3v) is 2.37. The standard InChI is InChI=1S/C14H14N2O3/c1-18-12-6-2-3-7-13(12)19-10-14(17)16-11-5-4-8-15-9-11/h2-9H,10H2,1H3,(H,16,17). The van der Waals surface area contributed by atoms with E-state index in [4.69, 9.17) is 9.47 Å². The molecule has 0 saturated carbocycles. The van der Waals surface area contributed by atoms with Gasteiger partial charge in [0.05, 0.1) is 19.0 Å². The summed E-state index contributed by atoms with van der Waals surface area (Å²) < 4.78 is 10.5. The van der Waals surface area contributed by atoms with Crippen LogP contribution in [0.5, 0.6) is 11.5 Å². The highest BCUT2D eigenvalue weighted by Gasteiger charge is 2.06. The maximum absolute atomic E-state index is 11.7. The first-order valence-corrected chi connectivity index (χ1v) is 5.75. The molecule has 0 aliphatic carbocycles. The van der Waals surface area contributed by atoms with Crippen LogP contribution in [0.25, 0.3) is 0 Å². The topological polar surface area (TPSA) is 60.5 Å². The predicted octanol–water partition coefficient (Wildman–Crippen LogP) is 2.11. The van der Waals surface area contributed by atoms with Crippen LogP contribution >= 0.6 is 0 Å². The van der Waals surface area contributed by atoms with E-state index in [1.165, 1.54) is 0 Å². The van der Waals surface area contributed by atoms with Gasteiger partial charge in [0, 0.05) is 6.20 Å². The molecule has 0 radical (unpaired) electrons. The maximum Gasteiger partial charge on any atom is 0.262 e. The minimum Gasteiger partial charge on any atom is -0.493 e. The Labute approximate surface area is 111 Å². The van der Waals surface area contributed by atoms with E-state index < -0.39 is 0 Å².